The molecular formula is C75H66O15. The number of hydrogen-bond acceptors (Lipinski definition) is 15. The molecule has 0 unspecified atom stereocenters. The zero-order chi connectivity index (χ0) is 63.0. The van der Waals surface area contributed by atoms with Crippen molar-refractivity contribution in [3.8, 4) is 51.7 Å². The Bertz CT molecular complexity index is 3950. The molecule has 6 aliphatic rings. The van der Waals surface area contributed by atoms with E-state index < -0.39 is 106 Å². The molecule has 0 N–H and O–H groups in total. The molecular weight excluding hydrogens is 1140 g/mol. The fourth-order valence-electron chi connectivity index (χ4n) is 15.9. The van der Waals surface area contributed by atoms with Crippen LogP contribution in [0.1, 0.15) is 131 Å². The normalized spacial score (nSPS) is 24.6. The molecule has 0 aliphatic heterocycles. The largest absolute Gasteiger partial charge is 0.493 e. The van der Waals surface area contributed by atoms with Crippen molar-refractivity contribution in [2.45, 2.75) is 35.5 Å². The van der Waals surface area contributed by atoms with Crippen LogP contribution in [0.3, 0.4) is 0 Å². The Morgan fingerprint density at radius 1 is 0.200 bits per heavy atom. The monoisotopic (exact) mass is 1210 g/mol. The molecule has 8 aromatic carbocycles. The van der Waals surface area contributed by atoms with Crippen molar-refractivity contribution >= 4 is 34.7 Å². The highest BCUT2D eigenvalue weighted by Crippen LogP contribution is 2.65. The van der Waals surface area contributed by atoms with Gasteiger partial charge in [0.15, 0.2) is 69.2 Å². The lowest BCUT2D eigenvalue weighted by Gasteiger charge is -2.53. The maximum Gasteiger partial charge on any atom is 0.203 e. The predicted molar refractivity (Wildman–Crippen MR) is 334 cm³/mol. The summed E-state index contributed by atoms with van der Waals surface area (Å²) in [7, 11) is 13.5. The maximum atomic E-state index is 16.7. The second-order valence-electron chi connectivity index (χ2n) is 23.7. The summed E-state index contributed by atoms with van der Waals surface area (Å²) in [5.74, 6) is -11.4. The molecule has 0 heterocycles. The van der Waals surface area contributed by atoms with Gasteiger partial charge < -0.3 is 42.6 Å². The van der Waals surface area contributed by atoms with Gasteiger partial charge >= 0.3 is 0 Å². The molecule has 14 rings (SSSR count). The Balaban J connectivity index is 1.12. The van der Waals surface area contributed by atoms with Gasteiger partial charge in [-0.25, -0.2) is 0 Å². The van der Waals surface area contributed by atoms with E-state index in [0.717, 1.165) is 16.7 Å². The minimum Gasteiger partial charge on any atom is -0.493 e. The van der Waals surface area contributed by atoms with Gasteiger partial charge in [-0.3, -0.25) is 28.8 Å². The quantitative estimate of drug-likeness (QED) is 0.0943. The van der Waals surface area contributed by atoms with E-state index in [-0.39, 0.29) is 33.4 Å². The van der Waals surface area contributed by atoms with E-state index >= 15 is 28.8 Å². The van der Waals surface area contributed by atoms with Crippen LogP contribution in [0, 0.1) is 35.5 Å². The highest BCUT2D eigenvalue weighted by atomic mass is 16.5. The molecule has 3 fully saturated rings. The second kappa shape index (κ2) is 23.5. The average Bonchev–Trinajstić information content (AvgIpc) is 0.733. The van der Waals surface area contributed by atoms with Crippen LogP contribution in [0.15, 0.2) is 164 Å². The van der Waals surface area contributed by atoms with Gasteiger partial charge in [-0.15, -0.1) is 0 Å². The first-order valence-corrected chi connectivity index (χ1v) is 29.9. The smallest absolute Gasteiger partial charge is 0.203 e. The topological polar surface area (TPSA) is 185 Å². The van der Waals surface area contributed by atoms with Crippen LogP contribution in [-0.4, -0.2) is 98.7 Å². The first-order valence-electron chi connectivity index (χ1n) is 29.9. The number of ketones is 6. The lowest BCUT2D eigenvalue weighted by molar-refractivity contribution is 0.0435. The van der Waals surface area contributed by atoms with E-state index in [1.807, 2.05) is 91.0 Å². The summed E-state index contributed by atoms with van der Waals surface area (Å²) in [6, 6.07) is 48.0. The second-order valence-corrected chi connectivity index (χ2v) is 23.7. The molecule has 3 saturated carbocycles. The molecule has 0 spiro atoms. The fraction of sp³-hybridized carbons (Fsp3) is 0.280. The number of hydrogen-bond donors (Lipinski definition) is 0. The van der Waals surface area contributed by atoms with Gasteiger partial charge in [0.25, 0.3) is 0 Å². The van der Waals surface area contributed by atoms with Crippen LogP contribution < -0.4 is 42.6 Å². The molecule has 6 aliphatic carbocycles. The van der Waals surface area contributed by atoms with Gasteiger partial charge in [0.05, 0.1) is 64.0 Å². The molecule has 90 heavy (non-hydrogen) atoms. The van der Waals surface area contributed by atoms with E-state index in [9.17, 15) is 0 Å². The summed E-state index contributed by atoms with van der Waals surface area (Å²) in [6.45, 7) is 0. The Kier molecular flexibility index (Phi) is 15.4. The summed E-state index contributed by atoms with van der Waals surface area (Å²) in [4.78, 5) is 99.7. The van der Waals surface area contributed by atoms with Crippen LogP contribution >= 0.6 is 0 Å². The molecule has 15 nitrogen and oxygen atoms in total. The van der Waals surface area contributed by atoms with E-state index in [2.05, 4.69) is 0 Å². The molecule has 15 heteroatoms. The van der Waals surface area contributed by atoms with E-state index in [1.165, 1.54) is 100 Å². The van der Waals surface area contributed by atoms with Gasteiger partial charge in [-0.05, 0) is 106 Å². The Hall–Kier alpha value is -10.0. The highest BCUT2D eigenvalue weighted by molar-refractivity contribution is 6.17. The first-order chi connectivity index (χ1) is 43.7. The van der Waals surface area contributed by atoms with Crippen molar-refractivity contribution < 1.29 is 71.4 Å². The molecule has 0 aromatic heterocycles. The van der Waals surface area contributed by atoms with Crippen molar-refractivity contribution in [2.75, 3.05) is 64.0 Å². The molecule has 0 amide bonds. The summed E-state index contributed by atoms with van der Waals surface area (Å²) in [6.07, 6.45) is 0. The third kappa shape index (κ3) is 9.21. The SMILES string of the molecule is COc1cc([C@H]2[C@@H]3C(=O)c4cc5cc(c4)C(=O)[C@@H]4[C@@H](C(=O)c6cc(cc(c6)C(=O)[C@@H]6[C@@H](C5=O)[C@H](c5ccccc5)[C@H]6c5cc(OC)c(OC)c(OC)c5)C(=O)[C@H]3[C@@H]2c2ccccc2)[C@H](c2cc(OC)c(OC)c(OC)c2)[C@H]4c2ccccc2)cc(OC)c1OC. The molecule has 8 aromatic rings. The van der Waals surface area contributed by atoms with Crippen molar-refractivity contribution in [2.24, 2.45) is 35.5 Å². The lowest BCUT2D eigenvalue weighted by atomic mass is 9.47. The van der Waals surface area contributed by atoms with E-state index in [1.54, 1.807) is 36.4 Å². The minimum absolute atomic E-state index is 0.00112. The third-order valence-electron chi connectivity index (χ3n) is 19.8. The van der Waals surface area contributed by atoms with Crippen molar-refractivity contribution in [1.82, 2.24) is 0 Å². The van der Waals surface area contributed by atoms with Crippen molar-refractivity contribution in [3.63, 3.8) is 0 Å². The zero-order valence-electron chi connectivity index (χ0n) is 51.1. The number of Topliss-reactive ketones (excluding diaryl/α,β-unsaturated/α-hetero) is 6. The maximum absolute atomic E-state index is 16.7. The minimum atomic E-state index is -1.17. The molecule has 0 saturated heterocycles. The zero-order valence-corrected chi connectivity index (χ0v) is 51.1. The molecule has 6 bridgehead atoms. The van der Waals surface area contributed by atoms with Gasteiger partial charge in [0, 0.05) is 104 Å². The number of carbonyl (C=O) groups is 6. The van der Waals surface area contributed by atoms with E-state index in [4.69, 9.17) is 42.6 Å². The fourth-order valence-corrected chi connectivity index (χ4v) is 15.9. The van der Waals surface area contributed by atoms with Crippen molar-refractivity contribution in [1.29, 1.82) is 0 Å². The number of benzene rings is 8. The standard InChI is InChI=1S/C75H66O15/c1-82-49-31-40(32-50(83-2)73(49)88-7)58-57(39-23-17-12-18-24-39)63-64(58)70(79)46-26-43-25-44(27-46)68(77)62-56(38-21-15-11-16-22-38)60(42-35-53(86-5)75(90-9)54(36-42)87-6)66(62)72(81)48-29-45(69(63)78)28-47(30-48)71(80)65-59(41-33-51(84-3)74(89-8)52(34-41)85-4)55(61(65)67(43)76)37-19-13-10-14-20-37/h10-36,55-66H,1-9H3/t55-,56-,57-,58-,59-,60-,61+,62+,63+,64+,65+,66+/m1/s1. The van der Waals surface area contributed by atoms with Crippen LogP contribution in [0.4, 0.5) is 0 Å². The molecule has 0 radical (unpaired) electrons. The summed E-state index contributed by atoms with van der Waals surface area (Å²) in [5.41, 5.74) is 3.97. The first kappa shape index (κ1) is 59.0. The van der Waals surface area contributed by atoms with Gasteiger partial charge in [0.1, 0.15) is 0 Å². The number of carbonyl (C=O) groups excluding carboxylic acids is 6. The number of rotatable bonds is 15. The van der Waals surface area contributed by atoms with Gasteiger partial charge in [-0.2, -0.15) is 0 Å². The number of methoxy groups -OCH3 is 9. The van der Waals surface area contributed by atoms with Crippen LogP contribution in [0.5, 0.6) is 51.7 Å². The lowest BCUT2D eigenvalue weighted by Crippen LogP contribution is -2.53. The summed E-state index contributed by atoms with van der Waals surface area (Å²) in [5, 5.41) is 0. The Morgan fingerprint density at radius 3 is 0.522 bits per heavy atom. The third-order valence-corrected chi connectivity index (χ3v) is 19.8. The van der Waals surface area contributed by atoms with E-state index in [0.29, 0.717) is 68.4 Å². The average molecular weight is 1210 g/mol. The summed E-state index contributed by atoms with van der Waals surface area (Å²) < 4.78 is 52.8. The van der Waals surface area contributed by atoms with Gasteiger partial charge in [-0.1, -0.05) is 91.0 Å². The Morgan fingerprint density at radius 2 is 0.367 bits per heavy atom. The van der Waals surface area contributed by atoms with Crippen LogP contribution in [0.2, 0.25) is 0 Å². The van der Waals surface area contributed by atoms with Crippen molar-refractivity contribution in [3.05, 3.63) is 231 Å². The molecule has 456 valence electrons. The van der Waals surface area contributed by atoms with Crippen LogP contribution in [-0.2, 0) is 0 Å². The Labute approximate surface area is 521 Å². The van der Waals surface area contributed by atoms with Crippen LogP contribution in [0.25, 0.3) is 0 Å². The molecule has 12 atom stereocenters. The van der Waals surface area contributed by atoms with Gasteiger partial charge in [0.2, 0.25) is 17.2 Å². The highest BCUT2D eigenvalue weighted by Gasteiger charge is 2.63. The summed E-state index contributed by atoms with van der Waals surface area (Å²) >= 11 is 0. The number of ether oxygens (including phenoxy) is 9. The predicted octanol–water partition coefficient (Wildman–Crippen LogP) is 13.0.